The molecule has 0 radical (unpaired) electrons. The number of hydrogen-bond acceptors (Lipinski definition) is 4. The van der Waals surface area contributed by atoms with E-state index >= 15 is 0 Å². The summed E-state index contributed by atoms with van der Waals surface area (Å²) in [5.41, 5.74) is -0.246. The van der Waals surface area contributed by atoms with E-state index in [1.165, 1.54) is 0 Å². The van der Waals surface area contributed by atoms with Gasteiger partial charge in [-0.3, -0.25) is 0 Å². The molecule has 0 spiro atoms. The van der Waals surface area contributed by atoms with Crippen LogP contribution in [0, 0.1) is 0 Å². The minimum absolute atomic E-state index is 0.210. The first kappa shape index (κ1) is 14.9. The average Bonchev–Trinajstić information content (AvgIpc) is 3.03. The van der Waals surface area contributed by atoms with Crippen LogP contribution in [0.15, 0.2) is 34.9 Å². The molecule has 5 heteroatoms. The molecule has 118 valence electrons. The molecule has 3 rings (SSSR count). The smallest absolute Gasteiger partial charge is 0.410 e. The van der Waals surface area contributed by atoms with E-state index in [0.717, 1.165) is 10.9 Å². The Hall–Kier alpha value is -2.01. The molecule has 1 aliphatic heterocycles. The van der Waals surface area contributed by atoms with Crippen LogP contribution in [0.3, 0.4) is 0 Å². The first-order chi connectivity index (χ1) is 10.3. The monoisotopic (exact) mass is 303 g/mol. The number of carbonyl (C=O) groups is 1. The van der Waals surface area contributed by atoms with Crippen LogP contribution in [0.4, 0.5) is 4.79 Å². The third kappa shape index (κ3) is 2.68. The van der Waals surface area contributed by atoms with E-state index in [1.54, 1.807) is 11.2 Å². The summed E-state index contributed by atoms with van der Waals surface area (Å²) >= 11 is 0. The molecule has 0 saturated carbocycles. The number of hydrogen-bond donors (Lipinski definition) is 1. The Kier molecular flexibility index (Phi) is 3.40. The van der Waals surface area contributed by atoms with Crippen LogP contribution in [-0.2, 0) is 10.3 Å². The lowest BCUT2D eigenvalue weighted by Gasteiger charge is -2.26. The molecule has 0 aliphatic carbocycles. The van der Waals surface area contributed by atoms with Gasteiger partial charge in [-0.2, -0.15) is 0 Å². The predicted molar refractivity (Wildman–Crippen MR) is 82.5 cm³/mol. The zero-order chi connectivity index (χ0) is 16.0. The van der Waals surface area contributed by atoms with Crippen molar-refractivity contribution in [2.24, 2.45) is 0 Å². The molecule has 1 amide bonds. The van der Waals surface area contributed by atoms with Crippen molar-refractivity contribution in [3.8, 4) is 0 Å². The SMILES string of the molecule is CC(C)(C)OC(=O)N1CCC(O)(c2cccc3ccoc23)C1. The quantitative estimate of drug-likeness (QED) is 0.878. The van der Waals surface area contributed by atoms with Crippen molar-refractivity contribution in [1.82, 2.24) is 4.90 Å². The highest BCUT2D eigenvalue weighted by atomic mass is 16.6. The molecule has 22 heavy (non-hydrogen) atoms. The highest BCUT2D eigenvalue weighted by molar-refractivity contribution is 5.81. The molecule has 2 heterocycles. The fourth-order valence-corrected chi connectivity index (χ4v) is 2.86. The molecule has 1 unspecified atom stereocenters. The second-order valence-electron chi connectivity index (χ2n) is 6.83. The van der Waals surface area contributed by atoms with Crippen molar-refractivity contribution in [3.63, 3.8) is 0 Å². The van der Waals surface area contributed by atoms with Gasteiger partial charge in [0, 0.05) is 17.5 Å². The third-order valence-corrected chi connectivity index (χ3v) is 3.88. The van der Waals surface area contributed by atoms with Crippen molar-refractivity contribution in [3.05, 3.63) is 36.1 Å². The number of ether oxygens (including phenoxy) is 1. The van der Waals surface area contributed by atoms with Crippen molar-refractivity contribution in [1.29, 1.82) is 0 Å². The Balaban J connectivity index is 1.84. The molecular weight excluding hydrogens is 282 g/mol. The van der Waals surface area contributed by atoms with Gasteiger partial charge in [-0.15, -0.1) is 0 Å². The summed E-state index contributed by atoms with van der Waals surface area (Å²) in [6, 6.07) is 7.54. The number of β-amino-alcohol motifs (C(OH)–C–C–N with tert-alkyl or cyclic N) is 1. The number of para-hydroxylation sites is 1. The minimum atomic E-state index is -1.10. The number of likely N-dealkylation sites (tertiary alicyclic amines) is 1. The normalized spacial score (nSPS) is 22.3. The van der Waals surface area contributed by atoms with Crippen LogP contribution in [0.25, 0.3) is 11.0 Å². The molecule has 2 aromatic rings. The van der Waals surface area contributed by atoms with Crippen LogP contribution in [0.2, 0.25) is 0 Å². The number of nitrogens with zero attached hydrogens (tertiary/aromatic N) is 1. The molecule has 1 saturated heterocycles. The van der Waals surface area contributed by atoms with Crippen molar-refractivity contribution < 1.29 is 19.1 Å². The topological polar surface area (TPSA) is 62.9 Å². The summed E-state index contributed by atoms with van der Waals surface area (Å²) in [6.45, 7) is 6.16. The summed E-state index contributed by atoms with van der Waals surface area (Å²) in [7, 11) is 0. The molecule has 1 aromatic carbocycles. The lowest BCUT2D eigenvalue weighted by molar-refractivity contribution is 0.0141. The first-order valence-electron chi connectivity index (χ1n) is 7.46. The van der Waals surface area contributed by atoms with Gasteiger partial charge in [0.2, 0.25) is 0 Å². The summed E-state index contributed by atoms with van der Waals surface area (Å²) in [6.07, 6.45) is 1.68. The summed E-state index contributed by atoms with van der Waals surface area (Å²) in [4.78, 5) is 13.7. The number of amides is 1. The Morgan fingerprint density at radius 2 is 2.14 bits per heavy atom. The number of aliphatic hydroxyl groups is 1. The van der Waals surface area contributed by atoms with E-state index in [1.807, 2.05) is 45.0 Å². The second-order valence-corrected chi connectivity index (χ2v) is 6.83. The highest BCUT2D eigenvalue weighted by Gasteiger charge is 2.42. The summed E-state index contributed by atoms with van der Waals surface area (Å²) in [5, 5.41) is 11.9. The van der Waals surface area contributed by atoms with E-state index in [9.17, 15) is 9.90 Å². The van der Waals surface area contributed by atoms with Gasteiger partial charge in [-0.1, -0.05) is 18.2 Å². The summed E-state index contributed by atoms with van der Waals surface area (Å²) in [5.74, 6) is 0. The fourth-order valence-electron chi connectivity index (χ4n) is 2.86. The van der Waals surface area contributed by atoms with Crippen molar-refractivity contribution >= 4 is 17.1 Å². The molecule has 1 aliphatic rings. The second kappa shape index (κ2) is 5.02. The van der Waals surface area contributed by atoms with Gasteiger partial charge in [0.15, 0.2) is 0 Å². The Morgan fingerprint density at radius 1 is 1.36 bits per heavy atom. The minimum Gasteiger partial charge on any atom is -0.464 e. The van der Waals surface area contributed by atoms with Crippen LogP contribution in [-0.4, -0.2) is 34.8 Å². The third-order valence-electron chi connectivity index (χ3n) is 3.88. The van der Waals surface area contributed by atoms with Gasteiger partial charge in [0.05, 0.1) is 12.8 Å². The maximum Gasteiger partial charge on any atom is 0.410 e. The molecule has 5 nitrogen and oxygen atoms in total. The zero-order valence-corrected chi connectivity index (χ0v) is 13.1. The van der Waals surface area contributed by atoms with Crippen LogP contribution in [0.5, 0.6) is 0 Å². The number of furan rings is 1. The van der Waals surface area contributed by atoms with Gasteiger partial charge in [-0.25, -0.2) is 4.79 Å². The van der Waals surface area contributed by atoms with Gasteiger partial charge < -0.3 is 19.2 Å². The molecular formula is C17H21NO4. The van der Waals surface area contributed by atoms with E-state index in [-0.39, 0.29) is 6.54 Å². The van der Waals surface area contributed by atoms with E-state index < -0.39 is 17.3 Å². The highest BCUT2D eigenvalue weighted by Crippen LogP contribution is 2.37. The zero-order valence-electron chi connectivity index (χ0n) is 13.1. The van der Waals surface area contributed by atoms with Gasteiger partial charge in [-0.05, 0) is 33.3 Å². The van der Waals surface area contributed by atoms with Crippen LogP contribution < -0.4 is 0 Å². The number of carbonyl (C=O) groups excluding carboxylic acids is 1. The average molecular weight is 303 g/mol. The molecule has 1 aromatic heterocycles. The fraction of sp³-hybridized carbons (Fsp3) is 0.471. The van der Waals surface area contributed by atoms with Crippen LogP contribution in [0.1, 0.15) is 32.8 Å². The van der Waals surface area contributed by atoms with E-state index in [2.05, 4.69) is 0 Å². The van der Waals surface area contributed by atoms with E-state index in [4.69, 9.17) is 9.15 Å². The first-order valence-corrected chi connectivity index (χ1v) is 7.46. The van der Waals surface area contributed by atoms with Gasteiger partial charge in [0.25, 0.3) is 0 Å². The number of rotatable bonds is 1. The van der Waals surface area contributed by atoms with Crippen LogP contribution >= 0.6 is 0 Å². The largest absolute Gasteiger partial charge is 0.464 e. The lowest BCUT2D eigenvalue weighted by atomic mass is 9.92. The Morgan fingerprint density at radius 3 is 2.86 bits per heavy atom. The lowest BCUT2D eigenvalue weighted by Crippen LogP contribution is -2.38. The summed E-state index contributed by atoms with van der Waals surface area (Å²) < 4.78 is 10.9. The Bertz CT molecular complexity index is 700. The Labute approximate surface area is 129 Å². The van der Waals surface area contributed by atoms with Crippen molar-refractivity contribution in [2.75, 3.05) is 13.1 Å². The van der Waals surface area contributed by atoms with Gasteiger partial charge >= 0.3 is 6.09 Å². The van der Waals surface area contributed by atoms with E-state index in [0.29, 0.717) is 18.5 Å². The molecule has 1 N–H and O–H groups in total. The maximum atomic E-state index is 12.2. The predicted octanol–water partition coefficient (Wildman–Crippen LogP) is 3.26. The number of benzene rings is 1. The van der Waals surface area contributed by atoms with Gasteiger partial charge in [0.1, 0.15) is 16.8 Å². The molecule has 0 bridgehead atoms. The standard InChI is InChI=1S/C17H21NO4/c1-16(2,3)22-15(19)18-9-8-17(20,11-18)13-6-4-5-12-7-10-21-14(12)13/h4-7,10,20H,8-9,11H2,1-3H3. The maximum absolute atomic E-state index is 12.2. The van der Waals surface area contributed by atoms with Crippen molar-refractivity contribution in [2.45, 2.75) is 38.4 Å². The number of fused-ring (bicyclic) bond motifs is 1. The molecule has 1 atom stereocenters. The molecule has 1 fully saturated rings.